The maximum absolute atomic E-state index is 12.9. The van der Waals surface area contributed by atoms with Gasteiger partial charge in [0.05, 0.1) is 12.8 Å². The van der Waals surface area contributed by atoms with Crippen molar-refractivity contribution >= 4 is 0 Å². The molecule has 0 spiro atoms. The number of hydrogen-bond donors (Lipinski definition) is 1. The molecule has 0 aliphatic carbocycles. The Labute approximate surface area is 106 Å². The molecule has 0 saturated carbocycles. The number of likely N-dealkylation sites (tertiary alicyclic amines) is 1. The lowest BCUT2D eigenvalue weighted by molar-refractivity contribution is 0.177. The maximum atomic E-state index is 12.9. The van der Waals surface area contributed by atoms with Crippen LogP contribution >= 0.6 is 0 Å². The van der Waals surface area contributed by atoms with E-state index in [0.29, 0.717) is 18.1 Å². The van der Waals surface area contributed by atoms with Crippen LogP contribution in [0.4, 0.5) is 4.39 Å². The minimum Gasteiger partial charge on any atom is -0.476 e. The Kier molecular flexibility index (Phi) is 4.90. The molecule has 0 atom stereocenters. The molecular weight excluding hydrogens is 235 g/mol. The average Bonchev–Trinajstić information content (AvgIpc) is 2.41. The van der Waals surface area contributed by atoms with Gasteiger partial charge in [0.15, 0.2) is 0 Å². The number of aliphatic hydroxyl groups is 1. The van der Waals surface area contributed by atoms with E-state index in [1.165, 1.54) is 25.3 Å². The van der Waals surface area contributed by atoms with Gasteiger partial charge in [0.2, 0.25) is 5.88 Å². The molecule has 0 unspecified atom stereocenters. The zero-order valence-electron chi connectivity index (χ0n) is 10.4. The first-order valence-corrected chi connectivity index (χ1v) is 6.40. The molecule has 100 valence electrons. The molecule has 2 heterocycles. The van der Waals surface area contributed by atoms with Crippen LogP contribution in [0.15, 0.2) is 12.3 Å². The number of ether oxygens (including phenoxy) is 1. The highest BCUT2D eigenvalue weighted by Crippen LogP contribution is 2.16. The summed E-state index contributed by atoms with van der Waals surface area (Å²) in [7, 11) is 0. The first kappa shape index (κ1) is 13.2. The number of pyridine rings is 1. The molecule has 5 heteroatoms. The average molecular weight is 254 g/mol. The van der Waals surface area contributed by atoms with E-state index in [-0.39, 0.29) is 6.61 Å². The van der Waals surface area contributed by atoms with Crippen molar-refractivity contribution in [3.05, 3.63) is 23.6 Å². The third-order valence-electron chi connectivity index (χ3n) is 3.16. The van der Waals surface area contributed by atoms with Crippen molar-refractivity contribution < 1.29 is 14.2 Å². The molecular formula is C13H19FN2O2. The van der Waals surface area contributed by atoms with Crippen molar-refractivity contribution in [3.8, 4) is 5.88 Å². The Bertz CT molecular complexity index is 381. The predicted molar refractivity (Wildman–Crippen MR) is 65.9 cm³/mol. The summed E-state index contributed by atoms with van der Waals surface area (Å²) in [5.41, 5.74) is 0.397. The van der Waals surface area contributed by atoms with Gasteiger partial charge in [-0.1, -0.05) is 6.42 Å². The molecule has 1 aliphatic heterocycles. The van der Waals surface area contributed by atoms with Crippen LogP contribution in [-0.2, 0) is 6.61 Å². The van der Waals surface area contributed by atoms with Crippen LogP contribution in [0.1, 0.15) is 24.8 Å². The summed E-state index contributed by atoms with van der Waals surface area (Å²) in [5.74, 6) is -0.127. The number of aliphatic hydroxyl groups excluding tert-OH is 1. The molecule has 4 nitrogen and oxygen atoms in total. The fourth-order valence-electron chi connectivity index (χ4n) is 2.17. The summed E-state index contributed by atoms with van der Waals surface area (Å²) in [5, 5.41) is 9.09. The summed E-state index contributed by atoms with van der Waals surface area (Å²) in [6, 6.07) is 1.25. The fourth-order valence-corrected chi connectivity index (χ4v) is 2.17. The molecule has 18 heavy (non-hydrogen) atoms. The molecule has 0 amide bonds. The van der Waals surface area contributed by atoms with E-state index in [1.54, 1.807) is 0 Å². The van der Waals surface area contributed by atoms with Crippen LogP contribution in [0.3, 0.4) is 0 Å². The second kappa shape index (κ2) is 6.66. The van der Waals surface area contributed by atoms with Crippen LogP contribution in [0.5, 0.6) is 5.88 Å². The molecule has 2 rings (SSSR count). The highest BCUT2D eigenvalue weighted by molar-refractivity contribution is 5.25. The number of hydrogen-bond acceptors (Lipinski definition) is 4. The van der Waals surface area contributed by atoms with E-state index < -0.39 is 5.82 Å². The maximum Gasteiger partial charge on any atom is 0.219 e. The van der Waals surface area contributed by atoms with Crippen LogP contribution in [-0.4, -0.2) is 41.2 Å². The van der Waals surface area contributed by atoms with E-state index in [9.17, 15) is 4.39 Å². The zero-order chi connectivity index (χ0) is 12.8. The van der Waals surface area contributed by atoms with Crippen LogP contribution < -0.4 is 4.74 Å². The van der Waals surface area contributed by atoms with Gasteiger partial charge in [-0.3, -0.25) is 4.90 Å². The molecule has 1 aromatic heterocycles. The summed E-state index contributed by atoms with van der Waals surface area (Å²) in [6.45, 7) is 3.35. The Morgan fingerprint density at radius 1 is 1.33 bits per heavy atom. The Balaban J connectivity index is 1.82. The lowest BCUT2D eigenvalue weighted by Gasteiger charge is -2.26. The van der Waals surface area contributed by atoms with Crippen molar-refractivity contribution in [3.63, 3.8) is 0 Å². The zero-order valence-corrected chi connectivity index (χ0v) is 10.4. The predicted octanol–water partition coefficient (Wildman–Crippen LogP) is 1.58. The number of aromatic nitrogens is 1. The Morgan fingerprint density at radius 3 is 2.83 bits per heavy atom. The van der Waals surface area contributed by atoms with Crippen LogP contribution in [0.25, 0.3) is 0 Å². The topological polar surface area (TPSA) is 45.6 Å². The third kappa shape index (κ3) is 3.65. The Hall–Kier alpha value is -1.20. The number of piperidine rings is 1. The number of rotatable bonds is 5. The lowest BCUT2D eigenvalue weighted by atomic mass is 10.1. The SMILES string of the molecule is OCc1cc(F)cnc1OCCN1CCCCC1. The van der Waals surface area contributed by atoms with Crippen molar-refractivity contribution in [2.45, 2.75) is 25.9 Å². The third-order valence-corrected chi connectivity index (χ3v) is 3.16. The highest BCUT2D eigenvalue weighted by atomic mass is 19.1. The van der Waals surface area contributed by atoms with Gasteiger partial charge in [-0.25, -0.2) is 9.37 Å². The molecule has 0 aromatic carbocycles. The number of nitrogens with zero attached hydrogens (tertiary/aromatic N) is 2. The van der Waals surface area contributed by atoms with Crippen LogP contribution in [0, 0.1) is 5.82 Å². The summed E-state index contributed by atoms with van der Waals surface area (Å²) < 4.78 is 18.4. The quantitative estimate of drug-likeness (QED) is 0.866. The van der Waals surface area contributed by atoms with Crippen molar-refractivity contribution in [2.24, 2.45) is 0 Å². The highest BCUT2D eigenvalue weighted by Gasteiger charge is 2.11. The van der Waals surface area contributed by atoms with E-state index in [4.69, 9.17) is 9.84 Å². The van der Waals surface area contributed by atoms with Gasteiger partial charge in [0.1, 0.15) is 12.4 Å². The van der Waals surface area contributed by atoms with Crippen molar-refractivity contribution in [1.82, 2.24) is 9.88 Å². The second-order valence-corrected chi connectivity index (χ2v) is 4.53. The minimum absolute atomic E-state index is 0.260. The molecule has 0 bridgehead atoms. The first-order valence-electron chi connectivity index (χ1n) is 6.40. The molecule has 1 fully saturated rings. The van der Waals surface area contributed by atoms with Crippen LogP contribution in [0.2, 0.25) is 0 Å². The van der Waals surface area contributed by atoms with Crippen molar-refractivity contribution in [2.75, 3.05) is 26.2 Å². The fraction of sp³-hybridized carbons (Fsp3) is 0.615. The molecule has 1 aromatic rings. The van der Waals surface area contributed by atoms with Gasteiger partial charge in [0, 0.05) is 12.1 Å². The molecule has 0 radical (unpaired) electrons. The van der Waals surface area contributed by atoms with Gasteiger partial charge in [-0.05, 0) is 32.0 Å². The van der Waals surface area contributed by atoms with E-state index in [2.05, 4.69) is 9.88 Å². The standard InChI is InChI=1S/C13H19FN2O2/c14-12-8-11(10-17)13(15-9-12)18-7-6-16-4-2-1-3-5-16/h8-9,17H,1-7,10H2. The molecule has 1 aliphatic rings. The first-order chi connectivity index (χ1) is 8.79. The monoisotopic (exact) mass is 254 g/mol. The van der Waals surface area contributed by atoms with E-state index in [1.807, 2.05) is 0 Å². The number of halogens is 1. The summed E-state index contributed by atoms with van der Waals surface area (Å²) >= 11 is 0. The largest absolute Gasteiger partial charge is 0.476 e. The van der Waals surface area contributed by atoms with E-state index in [0.717, 1.165) is 25.8 Å². The van der Waals surface area contributed by atoms with Gasteiger partial charge in [0.25, 0.3) is 0 Å². The Morgan fingerprint density at radius 2 is 2.11 bits per heavy atom. The molecule has 1 saturated heterocycles. The molecule has 1 N–H and O–H groups in total. The van der Waals surface area contributed by atoms with Gasteiger partial charge in [-0.2, -0.15) is 0 Å². The van der Waals surface area contributed by atoms with Crippen molar-refractivity contribution in [1.29, 1.82) is 0 Å². The summed E-state index contributed by atoms with van der Waals surface area (Å²) in [6.07, 6.45) is 4.91. The lowest BCUT2D eigenvalue weighted by Crippen LogP contribution is -2.33. The minimum atomic E-state index is -0.456. The normalized spacial score (nSPS) is 16.8. The van der Waals surface area contributed by atoms with E-state index >= 15 is 0 Å². The second-order valence-electron chi connectivity index (χ2n) is 4.53. The smallest absolute Gasteiger partial charge is 0.219 e. The van der Waals surface area contributed by atoms with Gasteiger partial charge < -0.3 is 9.84 Å². The van der Waals surface area contributed by atoms with Gasteiger partial charge in [-0.15, -0.1) is 0 Å². The summed E-state index contributed by atoms with van der Waals surface area (Å²) in [4.78, 5) is 6.21. The van der Waals surface area contributed by atoms with Gasteiger partial charge >= 0.3 is 0 Å².